The fourth-order valence-electron chi connectivity index (χ4n) is 2.43. The molecular formula is C15H11NO2. The van der Waals surface area contributed by atoms with Gasteiger partial charge in [0.2, 0.25) is 0 Å². The molecule has 0 atom stereocenters. The van der Waals surface area contributed by atoms with Crippen molar-refractivity contribution < 1.29 is 8.83 Å². The Morgan fingerprint density at radius 1 is 0.833 bits per heavy atom. The minimum Gasteiger partial charge on any atom is -0.456 e. The Kier molecular flexibility index (Phi) is 1.69. The average Bonchev–Trinajstić information content (AvgIpc) is 2.85. The average molecular weight is 237 g/mol. The molecule has 88 valence electrons. The molecule has 0 saturated heterocycles. The van der Waals surface area contributed by atoms with E-state index in [1.54, 1.807) is 0 Å². The van der Waals surface area contributed by atoms with Gasteiger partial charge in [-0.15, -0.1) is 0 Å². The van der Waals surface area contributed by atoms with Crippen molar-refractivity contribution in [3.63, 3.8) is 0 Å². The van der Waals surface area contributed by atoms with Gasteiger partial charge in [0.15, 0.2) is 11.5 Å². The highest BCUT2D eigenvalue weighted by atomic mass is 16.3. The monoisotopic (exact) mass is 237 g/mol. The largest absolute Gasteiger partial charge is 0.456 e. The van der Waals surface area contributed by atoms with Crippen LogP contribution in [0.4, 0.5) is 0 Å². The first-order chi connectivity index (χ1) is 8.70. The van der Waals surface area contributed by atoms with Gasteiger partial charge < -0.3 is 8.83 Å². The first kappa shape index (κ1) is 9.71. The second kappa shape index (κ2) is 3.13. The van der Waals surface area contributed by atoms with Crippen LogP contribution in [0.5, 0.6) is 0 Å². The zero-order valence-corrected chi connectivity index (χ0v) is 10.2. The highest BCUT2D eigenvalue weighted by Crippen LogP contribution is 2.32. The SMILES string of the molecule is Cc1ccc2oc3cc4nc(C)oc4cc3c2c1. The van der Waals surface area contributed by atoms with Crippen molar-refractivity contribution in [1.82, 2.24) is 4.98 Å². The quantitative estimate of drug-likeness (QED) is 0.456. The molecule has 0 spiro atoms. The summed E-state index contributed by atoms with van der Waals surface area (Å²) in [6, 6.07) is 10.1. The highest BCUT2D eigenvalue weighted by Gasteiger charge is 2.11. The van der Waals surface area contributed by atoms with Gasteiger partial charge >= 0.3 is 0 Å². The van der Waals surface area contributed by atoms with E-state index in [2.05, 4.69) is 24.0 Å². The normalized spacial score (nSPS) is 11.9. The zero-order chi connectivity index (χ0) is 12.3. The number of furan rings is 1. The molecule has 0 aliphatic heterocycles. The first-order valence-electron chi connectivity index (χ1n) is 5.91. The summed E-state index contributed by atoms with van der Waals surface area (Å²) in [6.45, 7) is 3.93. The second-order valence-electron chi connectivity index (χ2n) is 4.65. The molecule has 0 aliphatic rings. The molecule has 4 rings (SSSR count). The van der Waals surface area contributed by atoms with E-state index in [-0.39, 0.29) is 0 Å². The maximum Gasteiger partial charge on any atom is 0.192 e. The van der Waals surface area contributed by atoms with E-state index in [1.807, 2.05) is 25.1 Å². The van der Waals surface area contributed by atoms with E-state index < -0.39 is 0 Å². The third-order valence-electron chi connectivity index (χ3n) is 3.24. The van der Waals surface area contributed by atoms with Crippen LogP contribution in [0.25, 0.3) is 33.0 Å². The van der Waals surface area contributed by atoms with E-state index in [9.17, 15) is 0 Å². The maximum absolute atomic E-state index is 5.84. The Balaban J connectivity index is 2.23. The van der Waals surface area contributed by atoms with Crippen LogP contribution >= 0.6 is 0 Å². The number of hydrogen-bond acceptors (Lipinski definition) is 3. The summed E-state index contributed by atoms with van der Waals surface area (Å²) in [7, 11) is 0. The Labute approximate surface area is 103 Å². The van der Waals surface area contributed by atoms with Gasteiger partial charge in [0.1, 0.15) is 16.7 Å². The molecule has 0 N–H and O–H groups in total. The van der Waals surface area contributed by atoms with Crippen molar-refractivity contribution in [3.05, 3.63) is 41.8 Å². The fraction of sp³-hybridized carbons (Fsp3) is 0.133. The van der Waals surface area contributed by atoms with Crippen LogP contribution in [0.1, 0.15) is 11.5 Å². The van der Waals surface area contributed by atoms with Crippen LogP contribution in [-0.4, -0.2) is 4.98 Å². The molecule has 0 radical (unpaired) electrons. The molecule has 2 heterocycles. The Hall–Kier alpha value is -2.29. The summed E-state index contributed by atoms with van der Waals surface area (Å²) in [5.74, 6) is 0.679. The lowest BCUT2D eigenvalue weighted by Gasteiger charge is -1.91. The summed E-state index contributed by atoms with van der Waals surface area (Å²) in [5.41, 5.74) is 4.63. The molecule has 0 amide bonds. The van der Waals surface area contributed by atoms with Crippen LogP contribution in [0.2, 0.25) is 0 Å². The lowest BCUT2D eigenvalue weighted by molar-refractivity contribution is 0.561. The predicted molar refractivity (Wildman–Crippen MR) is 70.8 cm³/mol. The number of rotatable bonds is 0. The van der Waals surface area contributed by atoms with Gasteiger partial charge in [-0.2, -0.15) is 0 Å². The number of benzene rings is 2. The topological polar surface area (TPSA) is 39.2 Å². The van der Waals surface area contributed by atoms with Crippen LogP contribution < -0.4 is 0 Å². The summed E-state index contributed by atoms with van der Waals surface area (Å²) in [4.78, 5) is 4.32. The van der Waals surface area contributed by atoms with E-state index >= 15 is 0 Å². The molecule has 3 heteroatoms. The first-order valence-corrected chi connectivity index (χ1v) is 5.91. The summed E-state index contributed by atoms with van der Waals surface area (Å²) in [5, 5.41) is 2.21. The molecule has 0 fully saturated rings. The number of oxazole rings is 1. The van der Waals surface area contributed by atoms with E-state index in [0.29, 0.717) is 5.89 Å². The van der Waals surface area contributed by atoms with Crippen molar-refractivity contribution in [3.8, 4) is 0 Å². The van der Waals surface area contributed by atoms with Gasteiger partial charge in [-0.25, -0.2) is 4.98 Å². The fourth-order valence-corrected chi connectivity index (χ4v) is 2.43. The van der Waals surface area contributed by atoms with Gasteiger partial charge in [-0.1, -0.05) is 11.6 Å². The van der Waals surface area contributed by atoms with Crippen molar-refractivity contribution in [2.75, 3.05) is 0 Å². The molecule has 2 aromatic carbocycles. The zero-order valence-electron chi connectivity index (χ0n) is 10.2. The van der Waals surface area contributed by atoms with Crippen LogP contribution in [0.3, 0.4) is 0 Å². The van der Waals surface area contributed by atoms with Gasteiger partial charge in [0.05, 0.1) is 0 Å². The summed E-state index contributed by atoms with van der Waals surface area (Å²) < 4.78 is 11.4. The lowest BCUT2D eigenvalue weighted by atomic mass is 10.1. The Morgan fingerprint density at radius 2 is 1.67 bits per heavy atom. The minimum atomic E-state index is 0.679. The van der Waals surface area contributed by atoms with E-state index in [0.717, 1.165) is 33.0 Å². The molecule has 18 heavy (non-hydrogen) atoms. The summed E-state index contributed by atoms with van der Waals surface area (Å²) in [6.07, 6.45) is 0. The molecule has 3 nitrogen and oxygen atoms in total. The Morgan fingerprint density at radius 3 is 2.56 bits per heavy atom. The standard InChI is InChI=1S/C15H11NO2/c1-8-3-4-13-10(5-8)11-6-15-12(7-14(11)18-13)16-9(2)17-15/h3-7H,1-2H3. The molecule has 0 aliphatic carbocycles. The third kappa shape index (κ3) is 1.21. The number of aryl methyl sites for hydroxylation is 2. The number of fused-ring (bicyclic) bond motifs is 4. The van der Waals surface area contributed by atoms with Gasteiger partial charge in [0, 0.05) is 23.8 Å². The minimum absolute atomic E-state index is 0.679. The molecular weight excluding hydrogens is 226 g/mol. The van der Waals surface area contributed by atoms with Gasteiger partial charge in [-0.05, 0) is 25.1 Å². The smallest absolute Gasteiger partial charge is 0.192 e. The van der Waals surface area contributed by atoms with Crippen LogP contribution in [0.15, 0.2) is 39.2 Å². The Bertz CT molecular complexity index is 899. The van der Waals surface area contributed by atoms with Crippen molar-refractivity contribution >= 4 is 33.0 Å². The number of aromatic nitrogens is 1. The molecule has 4 aromatic rings. The third-order valence-corrected chi connectivity index (χ3v) is 3.24. The molecule has 0 saturated carbocycles. The van der Waals surface area contributed by atoms with Crippen molar-refractivity contribution in [1.29, 1.82) is 0 Å². The number of nitrogens with zero attached hydrogens (tertiary/aromatic N) is 1. The van der Waals surface area contributed by atoms with E-state index in [4.69, 9.17) is 8.83 Å². The maximum atomic E-state index is 5.84. The van der Waals surface area contributed by atoms with Gasteiger partial charge in [0.25, 0.3) is 0 Å². The van der Waals surface area contributed by atoms with Crippen LogP contribution in [-0.2, 0) is 0 Å². The van der Waals surface area contributed by atoms with Crippen LogP contribution in [0, 0.1) is 13.8 Å². The second-order valence-corrected chi connectivity index (χ2v) is 4.65. The molecule has 0 bridgehead atoms. The van der Waals surface area contributed by atoms with E-state index in [1.165, 1.54) is 5.56 Å². The van der Waals surface area contributed by atoms with Crippen molar-refractivity contribution in [2.24, 2.45) is 0 Å². The predicted octanol–water partition coefficient (Wildman–Crippen LogP) is 4.34. The highest BCUT2D eigenvalue weighted by molar-refractivity contribution is 6.08. The lowest BCUT2D eigenvalue weighted by Crippen LogP contribution is -1.71. The molecule has 2 aromatic heterocycles. The summed E-state index contributed by atoms with van der Waals surface area (Å²) >= 11 is 0. The van der Waals surface area contributed by atoms with Gasteiger partial charge in [-0.3, -0.25) is 0 Å². The number of hydrogen-bond donors (Lipinski definition) is 0. The van der Waals surface area contributed by atoms with Crippen molar-refractivity contribution in [2.45, 2.75) is 13.8 Å². The molecule has 0 unspecified atom stereocenters.